The molecule has 0 bridgehead atoms. The molecule has 0 aliphatic carbocycles. The van der Waals surface area contributed by atoms with Crippen LogP contribution in [-0.4, -0.2) is 11.7 Å². The lowest BCUT2D eigenvalue weighted by molar-refractivity contribution is 0.297. The number of aliphatic hydroxyl groups excluding tert-OH is 1. The zero-order valence-electron chi connectivity index (χ0n) is 11.3. The van der Waals surface area contributed by atoms with Crippen LogP contribution in [0.15, 0.2) is 11.6 Å². The normalized spacial score (nSPS) is 12.1. The summed E-state index contributed by atoms with van der Waals surface area (Å²) in [6.07, 6.45) is 15.0. The highest BCUT2D eigenvalue weighted by atomic mass is 16.2. The Bertz CT molecular complexity index is 161. The Morgan fingerprint density at radius 2 is 1.56 bits per heavy atom. The molecular weight excluding hydrogens is 196 g/mol. The highest BCUT2D eigenvalue weighted by Gasteiger charge is 1.97. The van der Waals surface area contributed by atoms with Crippen molar-refractivity contribution in [2.24, 2.45) is 0 Å². The molecule has 0 radical (unpaired) electrons. The number of rotatable bonds is 11. The fraction of sp³-hybridized carbons (Fsp3) is 0.867. The van der Waals surface area contributed by atoms with E-state index in [1.165, 1.54) is 63.4 Å². The second-order valence-electron chi connectivity index (χ2n) is 4.64. The van der Waals surface area contributed by atoms with Gasteiger partial charge in [0.2, 0.25) is 0 Å². The molecule has 0 aliphatic rings. The van der Waals surface area contributed by atoms with Crippen LogP contribution in [-0.2, 0) is 0 Å². The molecule has 0 saturated carbocycles. The molecular formula is C15H30O. The molecule has 0 aliphatic heterocycles. The van der Waals surface area contributed by atoms with Gasteiger partial charge in [-0.25, -0.2) is 0 Å². The highest BCUT2D eigenvalue weighted by Crippen LogP contribution is 2.15. The Morgan fingerprint density at radius 1 is 0.875 bits per heavy atom. The monoisotopic (exact) mass is 226 g/mol. The predicted octanol–water partition coefficient (Wildman–Crippen LogP) is 4.85. The Morgan fingerprint density at radius 3 is 2.19 bits per heavy atom. The molecule has 0 aromatic rings. The smallest absolute Gasteiger partial charge is 0.0468 e. The van der Waals surface area contributed by atoms with E-state index >= 15 is 0 Å². The molecule has 0 atom stereocenters. The molecule has 0 heterocycles. The SMILES string of the molecule is CCC/C=C(/CCO)CCCCCCCC. The van der Waals surface area contributed by atoms with E-state index in [1.807, 2.05) is 0 Å². The number of hydrogen-bond acceptors (Lipinski definition) is 1. The van der Waals surface area contributed by atoms with Gasteiger partial charge in [-0.3, -0.25) is 0 Å². The minimum Gasteiger partial charge on any atom is -0.396 e. The molecule has 0 fully saturated rings. The van der Waals surface area contributed by atoms with Crippen LogP contribution in [0.1, 0.15) is 78.1 Å². The fourth-order valence-corrected chi connectivity index (χ4v) is 1.95. The van der Waals surface area contributed by atoms with Crippen molar-refractivity contribution in [1.82, 2.24) is 0 Å². The van der Waals surface area contributed by atoms with Crippen molar-refractivity contribution in [2.75, 3.05) is 6.61 Å². The maximum Gasteiger partial charge on any atom is 0.0468 e. The van der Waals surface area contributed by atoms with E-state index in [9.17, 15) is 0 Å². The van der Waals surface area contributed by atoms with Crippen molar-refractivity contribution < 1.29 is 5.11 Å². The number of hydrogen-bond donors (Lipinski definition) is 1. The third-order valence-corrected chi connectivity index (χ3v) is 3.01. The van der Waals surface area contributed by atoms with Gasteiger partial charge in [0, 0.05) is 6.61 Å². The van der Waals surface area contributed by atoms with E-state index < -0.39 is 0 Å². The first kappa shape index (κ1) is 15.7. The van der Waals surface area contributed by atoms with Gasteiger partial charge in [-0.1, -0.05) is 64.0 Å². The average molecular weight is 226 g/mol. The summed E-state index contributed by atoms with van der Waals surface area (Å²) in [6.45, 7) is 4.77. The second-order valence-corrected chi connectivity index (χ2v) is 4.64. The average Bonchev–Trinajstić information content (AvgIpc) is 2.30. The summed E-state index contributed by atoms with van der Waals surface area (Å²) in [5.74, 6) is 0. The van der Waals surface area contributed by atoms with E-state index in [1.54, 1.807) is 0 Å². The Kier molecular flexibility index (Phi) is 12.5. The zero-order chi connectivity index (χ0) is 12.1. The summed E-state index contributed by atoms with van der Waals surface area (Å²) in [6, 6.07) is 0. The first-order valence-electron chi connectivity index (χ1n) is 7.13. The fourth-order valence-electron chi connectivity index (χ4n) is 1.95. The molecule has 1 heteroatoms. The third-order valence-electron chi connectivity index (χ3n) is 3.01. The van der Waals surface area contributed by atoms with Crippen LogP contribution in [0.2, 0.25) is 0 Å². The van der Waals surface area contributed by atoms with E-state index in [4.69, 9.17) is 5.11 Å². The van der Waals surface area contributed by atoms with Gasteiger partial charge in [0.05, 0.1) is 0 Å². The lowest BCUT2D eigenvalue weighted by Crippen LogP contribution is -1.90. The van der Waals surface area contributed by atoms with Gasteiger partial charge < -0.3 is 5.11 Å². The summed E-state index contributed by atoms with van der Waals surface area (Å²) in [5, 5.41) is 8.97. The minimum atomic E-state index is 0.311. The second kappa shape index (κ2) is 12.8. The molecule has 0 spiro atoms. The maximum atomic E-state index is 8.97. The van der Waals surface area contributed by atoms with Crippen LogP contribution in [0.4, 0.5) is 0 Å². The molecule has 16 heavy (non-hydrogen) atoms. The van der Waals surface area contributed by atoms with Crippen LogP contribution in [0.25, 0.3) is 0 Å². The molecule has 0 saturated heterocycles. The van der Waals surface area contributed by atoms with Gasteiger partial charge >= 0.3 is 0 Å². The number of aliphatic hydroxyl groups is 1. The largest absolute Gasteiger partial charge is 0.396 e. The molecule has 0 aromatic heterocycles. The van der Waals surface area contributed by atoms with Crippen molar-refractivity contribution in [3.05, 3.63) is 11.6 Å². The Balaban J connectivity index is 3.51. The van der Waals surface area contributed by atoms with E-state index in [0.717, 1.165) is 6.42 Å². The van der Waals surface area contributed by atoms with Gasteiger partial charge in [0.1, 0.15) is 0 Å². The molecule has 0 rings (SSSR count). The van der Waals surface area contributed by atoms with Crippen LogP contribution in [0, 0.1) is 0 Å². The van der Waals surface area contributed by atoms with Crippen LogP contribution in [0.5, 0.6) is 0 Å². The van der Waals surface area contributed by atoms with Gasteiger partial charge in [0.15, 0.2) is 0 Å². The Labute approximate surface area is 102 Å². The first-order chi connectivity index (χ1) is 7.85. The molecule has 1 N–H and O–H groups in total. The van der Waals surface area contributed by atoms with Crippen molar-refractivity contribution >= 4 is 0 Å². The summed E-state index contributed by atoms with van der Waals surface area (Å²) in [7, 11) is 0. The van der Waals surface area contributed by atoms with E-state index in [0.29, 0.717) is 6.61 Å². The van der Waals surface area contributed by atoms with Crippen molar-refractivity contribution in [1.29, 1.82) is 0 Å². The summed E-state index contributed by atoms with van der Waals surface area (Å²) < 4.78 is 0. The van der Waals surface area contributed by atoms with E-state index in [-0.39, 0.29) is 0 Å². The third kappa shape index (κ3) is 10.2. The molecule has 0 amide bonds. The van der Waals surface area contributed by atoms with Gasteiger partial charge in [-0.15, -0.1) is 0 Å². The van der Waals surface area contributed by atoms with Crippen LogP contribution in [0.3, 0.4) is 0 Å². The quantitative estimate of drug-likeness (QED) is 0.394. The van der Waals surface area contributed by atoms with Gasteiger partial charge in [-0.2, -0.15) is 0 Å². The molecule has 1 nitrogen and oxygen atoms in total. The number of allylic oxidation sites excluding steroid dienone is 1. The first-order valence-corrected chi connectivity index (χ1v) is 7.13. The topological polar surface area (TPSA) is 20.2 Å². The maximum absolute atomic E-state index is 8.97. The minimum absolute atomic E-state index is 0.311. The molecule has 0 aromatic carbocycles. The lowest BCUT2D eigenvalue weighted by Gasteiger charge is -2.06. The van der Waals surface area contributed by atoms with Crippen LogP contribution < -0.4 is 0 Å². The summed E-state index contributed by atoms with van der Waals surface area (Å²) in [5.41, 5.74) is 1.47. The van der Waals surface area contributed by atoms with Gasteiger partial charge in [-0.05, 0) is 25.7 Å². The van der Waals surface area contributed by atoms with Crippen LogP contribution >= 0.6 is 0 Å². The lowest BCUT2D eigenvalue weighted by atomic mass is 10.0. The Hall–Kier alpha value is -0.300. The molecule has 96 valence electrons. The van der Waals surface area contributed by atoms with Crippen molar-refractivity contribution in [3.63, 3.8) is 0 Å². The van der Waals surface area contributed by atoms with Crippen molar-refractivity contribution in [2.45, 2.75) is 78.1 Å². The van der Waals surface area contributed by atoms with E-state index in [2.05, 4.69) is 19.9 Å². The van der Waals surface area contributed by atoms with Gasteiger partial charge in [0.25, 0.3) is 0 Å². The molecule has 0 unspecified atom stereocenters. The standard InChI is InChI=1S/C15H30O/c1-3-5-7-8-9-10-12-15(13-14-16)11-6-4-2/h11,16H,3-10,12-14H2,1-2H3/b15-11+. The number of unbranched alkanes of at least 4 members (excludes halogenated alkanes) is 6. The predicted molar refractivity (Wildman–Crippen MR) is 72.7 cm³/mol. The van der Waals surface area contributed by atoms with Crippen molar-refractivity contribution in [3.8, 4) is 0 Å². The summed E-state index contributed by atoms with van der Waals surface area (Å²) in [4.78, 5) is 0. The zero-order valence-corrected chi connectivity index (χ0v) is 11.3. The highest BCUT2D eigenvalue weighted by molar-refractivity contribution is 5.01. The summed E-state index contributed by atoms with van der Waals surface area (Å²) >= 11 is 0.